The van der Waals surface area contributed by atoms with Gasteiger partial charge in [-0.15, -0.1) is 10.1 Å². The van der Waals surface area contributed by atoms with Crippen LogP contribution in [-0.2, 0) is 67.2 Å². The third kappa shape index (κ3) is 10.3. The van der Waals surface area contributed by atoms with E-state index in [0.717, 1.165) is 0 Å². The monoisotopic (exact) mass is 736 g/mol. The molecule has 0 spiro atoms. The first kappa shape index (κ1) is 40.9. The first-order valence-electron chi connectivity index (χ1n) is 16.9. The Morgan fingerprint density at radius 1 is 0.462 bits per heavy atom. The first-order chi connectivity index (χ1) is 24.6. The van der Waals surface area contributed by atoms with Gasteiger partial charge in [0.05, 0.1) is 0 Å². The lowest BCUT2D eigenvalue weighted by atomic mass is 9.96. The van der Waals surface area contributed by atoms with Crippen LogP contribution in [0.4, 0.5) is 0 Å². The van der Waals surface area contributed by atoms with Gasteiger partial charge in [-0.2, -0.15) is 0 Å². The summed E-state index contributed by atoms with van der Waals surface area (Å²) in [5.74, 6) is -8.95. The van der Waals surface area contributed by atoms with Crippen LogP contribution in [-0.4, -0.2) is 107 Å². The van der Waals surface area contributed by atoms with Crippen molar-refractivity contribution < 1.29 is 77.4 Å². The van der Waals surface area contributed by atoms with E-state index in [4.69, 9.17) is 14.8 Å². The van der Waals surface area contributed by atoms with Crippen molar-refractivity contribution in [2.75, 3.05) is 0 Å². The largest absolute Gasteiger partial charge is 0.481 e. The Morgan fingerprint density at radius 3 is 1.10 bits per heavy atom. The van der Waals surface area contributed by atoms with Crippen LogP contribution >= 0.6 is 0 Å². The highest BCUT2D eigenvalue weighted by atomic mass is 16.7. The average Bonchev–Trinajstić information content (AvgIpc) is 3.80. The average molecular weight is 737 g/mol. The molecule has 4 rings (SSSR count). The fourth-order valence-corrected chi connectivity index (χ4v) is 5.93. The molecule has 2 N–H and O–H groups in total. The second-order valence-corrected chi connectivity index (χ2v) is 12.3. The highest BCUT2D eigenvalue weighted by Crippen LogP contribution is 2.36. The zero-order valence-corrected chi connectivity index (χ0v) is 28.3. The van der Waals surface area contributed by atoms with Crippen molar-refractivity contribution in [1.82, 2.24) is 19.9 Å². The molecule has 8 amide bonds. The number of carbonyl (C=O) groups is 12. The standard InChI is InChI=1S/2C16H20N2O8/c19-10-5-6-11(20)17(10)16(15(25)26,9-3-1-2-4-14(23)24)18-12(21)7-8-13(18)22;19-11-7-8-12(20)17(11)25-15(23)5-3-1-2-4-6-16(24)26-18-13(21)9-10-14(18)22/h1-9H2,(H,23,24)(H,25,26);1-10H2. The Labute approximate surface area is 296 Å². The van der Waals surface area contributed by atoms with Crippen LogP contribution in [0.5, 0.6) is 0 Å². The van der Waals surface area contributed by atoms with Gasteiger partial charge >= 0.3 is 23.9 Å². The highest BCUT2D eigenvalue weighted by molar-refractivity contribution is 6.11. The fraction of sp³-hybridized carbons (Fsp3) is 0.625. The summed E-state index contributed by atoms with van der Waals surface area (Å²) < 4.78 is 0. The molecule has 0 saturated carbocycles. The molecule has 20 nitrogen and oxygen atoms in total. The normalized spacial score (nSPS) is 17.7. The third-order valence-corrected chi connectivity index (χ3v) is 8.51. The van der Waals surface area contributed by atoms with Crippen molar-refractivity contribution in [2.45, 2.75) is 128 Å². The number of unbranched alkanes of at least 4 members (excludes halogenated alkanes) is 5. The quantitative estimate of drug-likeness (QED) is 0.144. The fourth-order valence-electron chi connectivity index (χ4n) is 5.93. The number of carboxylic acids is 2. The summed E-state index contributed by atoms with van der Waals surface area (Å²) in [6.07, 6.45) is 2.12. The summed E-state index contributed by atoms with van der Waals surface area (Å²) in [5, 5.41) is 19.6. The number of likely N-dealkylation sites (tertiary alicyclic amines) is 2. The topological polar surface area (TPSA) is 277 Å². The van der Waals surface area contributed by atoms with Gasteiger partial charge in [0.1, 0.15) is 0 Å². The van der Waals surface area contributed by atoms with E-state index >= 15 is 0 Å². The predicted octanol–water partition coefficient (Wildman–Crippen LogP) is 0.642. The SMILES string of the molecule is O=C(CCCCCCC(=O)ON1C(=O)CCC1=O)ON1C(=O)CCC1=O.O=C(O)CCCCCC(C(=O)O)(N1C(=O)CCC1=O)N1C(=O)CCC1=O. The maximum Gasteiger partial charge on any atom is 0.351 e. The van der Waals surface area contributed by atoms with Crippen molar-refractivity contribution in [2.24, 2.45) is 0 Å². The van der Waals surface area contributed by atoms with E-state index in [2.05, 4.69) is 0 Å². The molecule has 0 unspecified atom stereocenters. The van der Waals surface area contributed by atoms with E-state index < -0.39 is 76.8 Å². The van der Waals surface area contributed by atoms with Gasteiger partial charge in [0, 0.05) is 77.0 Å². The van der Waals surface area contributed by atoms with Crippen LogP contribution in [0.2, 0.25) is 0 Å². The Morgan fingerprint density at radius 2 is 0.769 bits per heavy atom. The Balaban J connectivity index is 0.000000280. The van der Waals surface area contributed by atoms with Gasteiger partial charge in [-0.25, -0.2) is 24.2 Å². The number of hydroxylamine groups is 4. The molecule has 4 fully saturated rings. The maximum atomic E-state index is 12.2. The van der Waals surface area contributed by atoms with Gasteiger partial charge in [0.25, 0.3) is 23.6 Å². The summed E-state index contributed by atoms with van der Waals surface area (Å²) in [5.41, 5.74) is -2.38. The number of nitrogens with zero attached hydrogens (tertiary/aromatic N) is 4. The number of hydrogen-bond donors (Lipinski definition) is 2. The van der Waals surface area contributed by atoms with E-state index in [1.54, 1.807) is 0 Å². The lowest BCUT2D eigenvalue weighted by Gasteiger charge is -2.42. The molecular weight excluding hydrogens is 696 g/mol. The molecule has 0 aromatic heterocycles. The van der Waals surface area contributed by atoms with Crippen molar-refractivity contribution in [1.29, 1.82) is 0 Å². The van der Waals surface area contributed by atoms with Gasteiger partial charge in [-0.05, 0) is 25.7 Å². The van der Waals surface area contributed by atoms with Crippen LogP contribution < -0.4 is 0 Å². The molecule has 0 bridgehead atoms. The summed E-state index contributed by atoms with van der Waals surface area (Å²) in [7, 11) is 0. The van der Waals surface area contributed by atoms with Crippen LogP contribution in [0.1, 0.15) is 122 Å². The van der Waals surface area contributed by atoms with Gasteiger partial charge in [0.15, 0.2) is 0 Å². The van der Waals surface area contributed by atoms with E-state index in [1.165, 1.54) is 0 Å². The van der Waals surface area contributed by atoms with Gasteiger partial charge in [-0.3, -0.25) is 43.2 Å². The van der Waals surface area contributed by atoms with E-state index in [9.17, 15) is 62.6 Å². The molecule has 4 heterocycles. The van der Waals surface area contributed by atoms with Crippen molar-refractivity contribution in [3.05, 3.63) is 0 Å². The van der Waals surface area contributed by atoms with Gasteiger partial charge in [0.2, 0.25) is 29.3 Å². The molecule has 52 heavy (non-hydrogen) atoms. The van der Waals surface area contributed by atoms with Crippen LogP contribution in [0, 0.1) is 0 Å². The Kier molecular flexibility index (Phi) is 14.6. The molecule has 20 heteroatoms. The van der Waals surface area contributed by atoms with E-state index in [0.29, 0.717) is 52.0 Å². The lowest BCUT2D eigenvalue weighted by Crippen LogP contribution is -2.68. The molecule has 284 valence electrons. The number of hydrogen-bond acceptors (Lipinski definition) is 14. The van der Waals surface area contributed by atoms with Crippen molar-refractivity contribution in [3.8, 4) is 0 Å². The number of rotatable bonds is 18. The Bertz CT molecular complexity index is 1370. The zero-order chi connectivity index (χ0) is 38.6. The molecule has 0 atom stereocenters. The second kappa shape index (κ2) is 18.6. The Hall–Kier alpha value is -5.56. The molecule has 0 aromatic rings. The molecule has 4 aliphatic rings. The number of amides is 8. The smallest absolute Gasteiger partial charge is 0.351 e. The molecule has 0 aromatic carbocycles. The summed E-state index contributed by atoms with van der Waals surface area (Å²) in [6.45, 7) is 0. The molecule has 0 radical (unpaired) electrons. The minimum atomic E-state index is -2.38. The summed E-state index contributed by atoms with van der Waals surface area (Å²) >= 11 is 0. The second-order valence-electron chi connectivity index (χ2n) is 12.3. The minimum absolute atomic E-state index is 0.0524. The first-order valence-corrected chi connectivity index (χ1v) is 16.9. The molecule has 0 aliphatic carbocycles. The zero-order valence-electron chi connectivity index (χ0n) is 28.3. The van der Waals surface area contributed by atoms with E-state index in [1.807, 2.05) is 0 Å². The summed E-state index contributed by atoms with van der Waals surface area (Å²) in [4.78, 5) is 150. The predicted molar refractivity (Wildman–Crippen MR) is 165 cm³/mol. The van der Waals surface area contributed by atoms with Crippen LogP contribution in [0.25, 0.3) is 0 Å². The number of carbonyl (C=O) groups excluding carboxylic acids is 10. The van der Waals surface area contributed by atoms with Crippen molar-refractivity contribution >= 4 is 71.1 Å². The number of aliphatic carboxylic acids is 2. The van der Waals surface area contributed by atoms with Crippen LogP contribution in [0.15, 0.2) is 0 Å². The van der Waals surface area contributed by atoms with Crippen LogP contribution in [0.3, 0.4) is 0 Å². The number of imide groups is 4. The number of carboxylic acid groups (broad SMARTS) is 2. The minimum Gasteiger partial charge on any atom is -0.481 e. The summed E-state index contributed by atoms with van der Waals surface area (Å²) in [6, 6.07) is 0. The van der Waals surface area contributed by atoms with Gasteiger partial charge < -0.3 is 19.9 Å². The highest BCUT2D eigenvalue weighted by Gasteiger charge is 2.60. The molecular formula is C32H40N4O16. The van der Waals surface area contributed by atoms with Gasteiger partial charge in [-0.1, -0.05) is 19.3 Å². The maximum absolute atomic E-state index is 12.2. The molecule has 4 aliphatic heterocycles. The molecule has 4 saturated heterocycles. The van der Waals surface area contributed by atoms with E-state index in [-0.39, 0.29) is 89.9 Å². The third-order valence-electron chi connectivity index (χ3n) is 8.51. The van der Waals surface area contributed by atoms with Crippen molar-refractivity contribution in [3.63, 3.8) is 0 Å². The lowest BCUT2D eigenvalue weighted by molar-refractivity contribution is -0.197.